The molecule has 0 spiro atoms. The average molecular weight is 363 g/mol. The van der Waals surface area contributed by atoms with Gasteiger partial charge in [-0.25, -0.2) is 8.78 Å². The Balaban J connectivity index is 0.00000312. The molecule has 130 valence electrons. The Bertz CT molecular complexity index is 733. The number of nitrogens with two attached hydrogens (primary N) is 2. The molecule has 0 atom stereocenters. The maximum atomic E-state index is 12.9. The van der Waals surface area contributed by atoms with Crippen LogP contribution >= 0.6 is 12.4 Å². The monoisotopic (exact) mass is 362 g/mol. The summed E-state index contributed by atoms with van der Waals surface area (Å²) < 4.78 is 25.8. The number of hydrogen-bond donors (Lipinski definition) is 2. The first kappa shape index (κ1) is 20.1. The minimum absolute atomic E-state index is 0. The molecule has 2 aromatic carbocycles. The molecule has 0 saturated heterocycles. The first-order valence-electron chi connectivity index (χ1n) is 7.07. The summed E-state index contributed by atoms with van der Waals surface area (Å²) in [5.41, 5.74) is 12.6. The summed E-state index contributed by atoms with van der Waals surface area (Å²) >= 11 is 0. The Kier molecular flexibility index (Phi) is 8.02. The Hall–Kier alpha value is -2.99. The van der Waals surface area contributed by atoms with Crippen molar-refractivity contribution in [3.05, 3.63) is 83.4 Å². The Morgan fingerprint density at radius 2 is 1.12 bits per heavy atom. The summed E-state index contributed by atoms with van der Waals surface area (Å²) in [6.45, 7) is 0. The van der Waals surface area contributed by atoms with E-state index in [1.165, 1.54) is 24.3 Å². The third kappa shape index (κ3) is 7.41. The van der Waals surface area contributed by atoms with Crippen molar-refractivity contribution in [1.82, 2.24) is 0 Å². The largest absolute Gasteiger partial charge is 0.369 e. The molecule has 0 aromatic heterocycles. The molecule has 2 aromatic rings. The van der Waals surface area contributed by atoms with Crippen molar-refractivity contribution in [2.45, 2.75) is 0 Å². The van der Waals surface area contributed by atoms with Gasteiger partial charge in [-0.1, -0.05) is 36.4 Å². The third-order valence-corrected chi connectivity index (χ3v) is 2.91. The second-order valence-electron chi connectivity index (χ2n) is 4.82. The lowest BCUT2D eigenvalue weighted by atomic mass is 10.1. The molecule has 7 heteroatoms. The van der Waals surface area contributed by atoms with E-state index in [-0.39, 0.29) is 30.0 Å². The summed E-state index contributed by atoms with van der Waals surface area (Å²) in [5, 5.41) is 7.54. The van der Waals surface area contributed by atoms with Gasteiger partial charge in [0, 0.05) is 0 Å². The molecule has 2 rings (SSSR count). The van der Waals surface area contributed by atoms with Crippen LogP contribution in [0, 0.1) is 11.6 Å². The fourth-order valence-electron chi connectivity index (χ4n) is 1.75. The summed E-state index contributed by atoms with van der Waals surface area (Å²) in [6, 6.07) is 12.0. The highest BCUT2D eigenvalue weighted by Crippen LogP contribution is 2.07. The number of benzene rings is 2. The number of rotatable bonds is 5. The van der Waals surface area contributed by atoms with Crippen LogP contribution in [0.15, 0.2) is 70.9 Å². The zero-order valence-electron chi connectivity index (χ0n) is 13.1. The highest BCUT2D eigenvalue weighted by atomic mass is 35.5. The molecule has 0 bridgehead atoms. The molecule has 0 unspecified atom stereocenters. The predicted molar refractivity (Wildman–Crippen MR) is 101 cm³/mol. The van der Waals surface area contributed by atoms with Gasteiger partial charge >= 0.3 is 0 Å². The maximum absolute atomic E-state index is 12.9. The Morgan fingerprint density at radius 3 is 1.48 bits per heavy atom. The van der Waals surface area contributed by atoms with Crippen molar-refractivity contribution in [1.29, 1.82) is 0 Å². The number of halogens is 3. The molecule has 0 heterocycles. The van der Waals surface area contributed by atoms with Gasteiger partial charge in [-0.2, -0.15) is 0 Å². The zero-order chi connectivity index (χ0) is 17.4. The van der Waals surface area contributed by atoms with Crippen LogP contribution in [-0.2, 0) is 0 Å². The van der Waals surface area contributed by atoms with Gasteiger partial charge in [-0.15, -0.1) is 22.6 Å². The fraction of sp³-hybridized carbons (Fsp3) is 0. The number of nitrogens with zero attached hydrogens (tertiary/aromatic N) is 2. The van der Waals surface area contributed by atoms with Gasteiger partial charge in [-0.3, -0.25) is 0 Å². The highest BCUT2D eigenvalue weighted by Gasteiger charge is 1.94. The van der Waals surface area contributed by atoms with E-state index in [1.807, 2.05) is 0 Å². The van der Waals surface area contributed by atoms with Crippen LogP contribution in [0.5, 0.6) is 0 Å². The van der Waals surface area contributed by atoms with Crippen LogP contribution in [0.4, 0.5) is 8.78 Å². The molecule has 4 N–H and O–H groups in total. The van der Waals surface area contributed by atoms with Gasteiger partial charge in [0.25, 0.3) is 0 Å². The lowest BCUT2D eigenvalue weighted by Gasteiger charge is -1.96. The first-order valence-corrected chi connectivity index (χ1v) is 7.07. The minimum atomic E-state index is -0.308. The fourth-order valence-corrected chi connectivity index (χ4v) is 1.75. The maximum Gasteiger partial charge on any atom is 0.211 e. The van der Waals surface area contributed by atoms with E-state index in [0.717, 1.165) is 11.1 Å². The summed E-state index contributed by atoms with van der Waals surface area (Å²) in [7, 11) is 0. The SMILES string of the molecule is Cl.NC(N)=NN=C(C=Cc1ccc(F)cc1)C=Cc1ccc(F)cc1. The topological polar surface area (TPSA) is 76.8 Å². The van der Waals surface area contributed by atoms with E-state index in [2.05, 4.69) is 10.2 Å². The lowest BCUT2D eigenvalue weighted by Crippen LogP contribution is -2.22. The van der Waals surface area contributed by atoms with Gasteiger partial charge in [-0.05, 0) is 47.5 Å². The van der Waals surface area contributed by atoms with Crippen LogP contribution in [0.2, 0.25) is 0 Å². The van der Waals surface area contributed by atoms with Crippen LogP contribution in [0.1, 0.15) is 11.1 Å². The Morgan fingerprint density at radius 1 is 0.720 bits per heavy atom. The van der Waals surface area contributed by atoms with E-state index in [1.54, 1.807) is 48.6 Å². The summed E-state index contributed by atoms with van der Waals surface area (Å²) in [5.74, 6) is -0.784. The molecule has 0 saturated carbocycles. The zero-order valence-corrected chi connectivity index (χ0v) is 14.0. The minimum Gasteiger partial charge on any atom is -0.369 e. The van der Waals surface area contributed by atoms with Gasteiger partial charge in [0.15, 0.2) is 0 Å². The van der Waals surface area contributed by atoms with Crippen molar-refractivity contribution in [2.75, 3.05) is 0 Å². The molecular weight excluding hydrogens is 346 g/mol. The van der Waals surface area contributed by atoms with E-state index in [0.29, 0.717) is 5.71 Å². The second kappa shape index (κ2) is 10.00. The van der Waals surface area contributed by atoms with Gasteiger partial charge in [0.1, 0.15) is 11.6 Å². The molecular formula is C18H17ClF2N4. The number of hydrogen-bond acceptors (Lipinski definition) is 2. The smallest absolute Gasteiger partial charge is 0.211 e. The van der Waals surface area contributed by atoms with Crippen molar-refractivity contribution < 1.29 is 8.78 Å². The highest BCUT2D eigenvalue weighted by molar-refractivity contribution is 6.08. The standard InChI is InChI=1S/C18H16F2N4.ClH/c19-15-7-1-13(2-8-15)5-11-17(23-24-18(21)22)12-6-14-3-9-16(20)10-4-14;/h1-12H,(H4,21,22,24);1H. The molecule has 0 aliphatic rings. The van der Waals surface area contributed by atoms with Crippen LogP contribution in [-0.4, -0.2) is 11.7 Å². The van der Waals surface area contributed by atoms with Gasteiger partial charge < -0.3 is 11.5 Å². The molecule has 0 fully saturated rings. The van der Waals surface area contributed by atoms with E-state index in [9.17, 15) is 8.78 Å². The molecule has 0 amide bonds. The Labute approximate surface area is 150 Å². The van der Waals surface area contributed by atoms with Crippen LogP contribution < -0.4 is 11.5 Å². The number of allylic oxidation sites excluding steroid dienone is 2. The van der Waals surface area contributed by atoms with Gasteiger partial charge in [0.2, 0.25) is 5.96 Å². The van der Waals surface area contributed by atoms with Crippen molar-refractivity contribution >= 4 is 36.2 Å². The summed E-state index contributed by atoms with van der Waals surface area (Å²) in [6.07, 6.45) is 6.85. The molecule has 4 nitrogen and oxygen atoms in total. The second-order valence-corrected chi connectivity index (χ2v) is 4.82. The van der Waals surface area contributed by atoms with Crippen molar-refractivity contribution in [3.8, 4) is 0 Å². The van der Waals surface area contributed by atoms with E-state index >= 15 is 0 Å². The van der Waals surface area contributed by atoms with Crippen LogP contribution in [0.25, 0.3) is 12.2 Å². The molecule has 0 aliphatic heterocycles. The molecule has 25 heavy (non-hydrogen) atoms. The quantitative estimate of drug-likeness (QED) is 0.483. The van der Waals surface area contributed by atoms with E-state index in [4.69, 9.17) is 11.5 Å². The molecule has 0 aliphatic carbocycles. The summed E-state index contributed by atoms with van der Waals surface area (Å²) in [4.78, 5) is 0. The van der Waals surface area contributed by atoms with Crippen molar-refractivity contribution in [3.63, 3.8) is 0 Å². The van der Waals surface area contributed by atoms with E-state index < -0.39 is 0 Å². The lowest BCUT2D eigenvalue weighted by molar-refractivity contribution is 0.627. The van der Waals surface area contributed by atoms with Gasteiger partial charge in [0.05, 0.1) is 5.71 Å². The van der Waals surface area contributed by atoms with Crippen molar-refractivity contribution in [2.24, 2.45) is 21.7 Å². The molecule has 0 radical (unpaired) electrons. The predicted octanol–water partition coefficient (Wildman–Crippen LogP) is 3.74. The third-order valence-electron chi connectivity index (χ3n) is 2.91. The van der Waals surface area contributed by atoms with Crippen LogP contribution in [0.3, 0.4) is 0 Å². The average Bonchev–Trinajstić information content (AvgIpc) is 2.57. The normalized spacial score (nSPS) is 10.5. The first-order chi connectivity index (χ1) is 11.5. The number of guanidine groups is 1.